The summed E-state index contributed by atoms with van der Waals surface area (Å²) in [6.07, 6.45) is 5.24. The highest BCUT2D eigenvalue weighted by Crippen LogP contribution is 2.55. The number of carbonyl (C=O) groups excluding carboxylic acids is 1. The highest BCUT2D eigenvalue weighted by molar-refractivity contribution is 8.38. The Hall–Kier alpha value is 0.330. The van der Waals surface area contributed by atoms with E-state index in [-0.39, 0.29) is 16.0 Å². The highest BCUT2D eigenvalue weighted by atomic mass is 32.2. The van der Waals surface area contributed by atoms with Gasteiger partial charge in [-0.2, -0.15) is 0 Å². The van der Waals surface area contributed by atoms with Gasteiger partial charge >= 0.3 is 0 Å². The second kappa shape index (κ2) is 5.14. The number of hydrogen-bond donors (Lipinski definition) is 1. The Balaban J connectivity index is 1.95. The molecule has 2 aliphatic rings. The van der Waals surface area contributed by atoms with Crippen LogP contribution < -0.4 is 0 Å². The molecule has 0 saturated heterocycles. The predicted molar refractivity (Wildman–Crippen MR) is 75.5 cm³/mol. The highest BCUT2D eigenvalue weighted by Gasteiger charge is 2.52. The fourth-order valence-corrected chi connectivity index (χ4v) is 5.11. The smallest absolute Gasteiger partial charge is 0.245 e. The largest absolute Gasteiger partial charge is 0.392 e. The first kappa shape index (κ1) is 13.8. The third kappa shape index (κ3) is 2.69. The minimum absolute atomic E-state index is 0.0716. The minimum Gasteiger partial charge on any atom is -0.392 e. The third-order valence-electron chi connectivity index (χ3n) is 4.53. The SMILES string of the molecule is CSC(=O)SC[C@H]1CC[C@H]2CC(C)(C)[C@H](O)[C@@H]12. The van der Waals surface area contributed by atoms with Crippen LogP contribution in [0.15, 0.2) is 0 Å². The van der Waals surface area contributed by atoms with Gasteiger partial charge in [-0.05, 0) is 48.7 Å². The summed E-state index contributed by atoms with van der Waals surface area (Å²) in [6, 6.07) is 0. The van der Waals surface area contributed by atoms with Crippen LogP contribution in [0.5, 0.6) is 0 Å². The Labute approximate surface area is 112 Å². The lowest BCUT2D eigenvalue weighted by molar-refractivity contribution is 0.0315. The lowest BCUT2D eigenvalue weighted by Crippen LogP contribution is -2.32. The lowest BCUT2D eigenvalue weighted by Gasteiger charge is -2.28. The Morgan fingerprint density at radius 2 is 2.12 bits per heavy atom. The fourth-order valence-electron chi connectivity index (χ4n) is 3.70. The second-order valence-corrected chi connectivity index (χ2v) is 8.11. The molecule has 4 atom stereocenters. The molecule has 2 rings (SSSR count). The molecule has 0 spiro atoms. The molecule has 0 aromatic rings. The predicted octanol–water partition coefficient (Wildman–Crippen LogP) is 3.64. The number of aliphatic hydroxyl groups excluding tert-OH is 1. The Morgan fingerprint density at radius 3 is 2.76 bits per heavy atom. The standard InChI is InChI=1S/C13H22O2S2/c1-13(2)6-8-4-5-9(10(8)11(13)14)7-17-12(15)16-3/h8-11,14H,4-7H2,1-3H3/t8-,9+,10+,11+/m0/s1. The zero-order chi connectivity index (χ0) is 12.6. The van der Waals surface area contributed by atoms with Gasteiger partial charge in [0.1, 0.15) is 0 Å². The van der Waals surface area contributed by atoms with E-state index in [4.69, 9.17) is 0 Å². The molecule has 0 heterocycles. The van der Waals surface area contributed by atoms with E-state index < -0.39 is 0 Å². The molecule has 2 aliphatic carbocycles. The Morgan fingerprint density at radius 1 is 1.41 bits per heavy atom. The van der Waals surface area contributed by atoms with Gasteiger partial charge in [-0.1, -0.05) is 37.4 Å². The van der Waals surface area contributed by atoms with E-state index in [1.54, 1.807) is 0 Å². The summed E-state index contributed by atoms with van der Waals surface area (Å²) in [7, 11) is 0. The zero-order valence-electron chi connectivity index (χ0n) is 10.8. The molecule has 98 valence electrons. The molecule has 17 heavy (non-hydrogen) atoms. The first-order chi connectivity index (χ1) is 7.95. The van der Waals surface area contributed by atoms with Crippen molar-refractivity contribution in [1.82, 2.24) is 0 Å². The molecule has 0 amide bonds. The Bertz CT molecular complexity index is 304. The summed E-state index contributed by atoms with van der Waals surface area (Å²) < 4.78 is 0.209. The molecule has 2 nitrogen and oxygen atoms in total. The van der Waals surface area contributed by atoms with Crippen LogP contribution in [-0.4, -0.2) is 27.7 Å². The fraction of sp³-hybridized carbons (Fsp3) is 0.923. The van der Waals surface area contributed by atoms with E-state index in [1.807, 2.05) is 6.26 Å². The van der Waals surface area contributed by atoms with Crippen LogP contribution in [0.1, 0.15) is 33.1 Å². The lowest BCUT2D eigenvalue weighted by atomic mass is 9.83. The van der Waals surface area contributed by atoms with Crippen LogP contribution in [0.4, 0.5) is 4.79 Å². The van der Waals surface area contributed by atoms with E-state index in [2.05, 4.69) is 13.8 Å². The van der Waals surface area contributed by atoms with Crippen molar-refractivity contribution < 1.29 is 9.90 Å². The van der Waals surface area contributed by atoms with Gasteiger partial charge in [0.25, 0.3) is 0 Å². The number of rotatable bonds is 2. The van der Waals surface area contributed by atoms with E-state index >= 15 is 0 Å². The van der Waals surface area contributed by atoms with Crippen LogP contribution >= 0.6 is 23.5 Å². The summed E-state index contributed by atoms with van der Waals surface area (Å²) >= 11 is 2.73. The minimum atomic E-state index is -0.176. The molecular formula is C13H22O2S2. The zero-order valence-corrected chi connectivity index (χ0v) is 12.4. The van der Waals surface area contributed by atoms with Crippen molar-refractivity contribution in [2.75, 3.05) is 12.0 Å². The van der Waals surface area contributed by atoms with E-state index in [0.717, 1.165) is 12.2 Å². The van der Waals surface area contributed by atoms with Gasteiger partial charge in [0.15, 0.2) is 0 Å². The number of fused-ring (bicyclic) bond motifs is 1. The van der Waals surface area contributed by atoms with Crippen LogP contribution in [0.3, 0.4) is 0 Å². The van der Waals surface area contributed by atoms with Crippen molar-refractivity contribution in [2.45, 2.75) is 39.2 Å². The molecule has 0 aliphatic heterocycles. The van der Waals surface area contributed by atoms with E-state index in [9.17, 15) is 9.90 Å². The third-order valence-corrected chi connectivity index (χ3v) is 6.55. The normalized spacial score (nSPS) is 39.3. The summed E-state index contributed by atoms with van der Waals surface area (Å²) in [5.41, 5.74) is 0.0716. The van der Waals surface area contributed by atoms with Crippen molar-refractivity contribution in [1.29, 1.82) is 0 Å². The molecule has 1 N–H and O–H groups in total. The van der Waals surface area contributed by atoms with Crippen molar-refractivity contribution in [3.05, 3.63) is 0 Å². The van der Waals surface area contributed by atoms with Crippen molar-refractivity contribution in [3.63, 3.8) is 0 Å². The van der Waals surface area contributed by atoms with Crippen molar-refractivity contribution >= 4 is 28.0 Å². The van der Waals surface area contributed by atoms with Crippen molar-refractivity contribution in [3.8, 4) is 0 Å². The van der Waals surface area contributed by atoms with E-state index in [0.29, 0.717) is 17.8 Å². The summed E-state index contributed by atoms with van der Waals surface area (Å²) in [6.45, 7) is 4.35. The molecular weight excluding hydrogens is 252 g/mol. The molecule has 0 radical (unpaired) electrons. The average molecular weight is 274 g/mol. The van der Waals surface area contributed by atoms with Gasteiger partial charge in [-0.3, -0.25) is 4.79 Å². The second-order valence-electron chi connectivity index (χ2n) is 6.08. The average Bonchev–Trinajstić information content (AvgIpc) is 2.75. The monoisotopic (exact) mass is 274 g/mol. The molecule has 4 heteroatoms. The first-order valence-electron chi connectivity index (χ1n) is 6.34. The molecule has 2 saturated carbocycles. The van der Waals surface area contributed by atoms with Gasteiger partial charge in [0, 0.05) is 5.75 Å². The number of carbonyl (C=O) groups is 1. The van der Waals surface area contributed by atoms with Gasteiger partial charge in [0.2, 0.25) is 4.45 Å². The van der Waals surface area contributed by atoms with Crippen LogP contribution in [0.25, 0.3) is 0 Å². The summed E-state index contributed by atoms with van der Waals surface area (Å²) in [5, 5.41) is 10.4. The molecule has 0 unspecified atom stereocenters. The van der Waals surface area contributed by atoms with Crippen LogP contribution in [-0.2, 0) is 0 Å². The number of aliphatic hydroxyl groups is 1. The maximum absolute atomic E-state index is 11.3. The summed E-state index contributed by atoms with van der Waals surface area (Å²) in [4.78, 5) is 11.3. The van der Waals surface area contributed by atoms with Crippen LogP contribution in [0, 0.1) is 23.2 Å². The maximum Gasteiger partial charge on any atom is 0.245 e. The van der Waals surface area contributed by atoms with Gasteiger partial charge in [-0.25, -0.2) is 0 Å². The van der Waals surface area contributed by atoms with Gasteiger partial charge in [-0.15, -0.1) is 0 Å². The quantitative estimate of drug-likeness (QED) is 0.834. The number of thioether (sulfide) groups is 2. The Kier molecular flexibility index (Phi) is 4.16. The first-order valence-corrected chi connectivity index (χ1v) is 8.55. The molecule has 0 bridgehead atoms. The van der Waals surface area contributed by atoms with Gasteiger partial charge in [0.05, 0.1) is 6.10 Å². The molecule has 0 aromatic heterocycles. The van der Waals surface area contributed by atoms with Crippen molar-refractivity contribution in [2.24, 2.45) is 23.2 Å². The van der Waals surface area contributed by atoms with Gasteiger partial charge < -0.3 is 5.11 Å². The molecule has 2 fully saturated rings. The summed E-state index contributed by atoms with van der Waals surface area (Å²) in [5.74, 6) is 2.56. The molecule has 0 aromatic carbocycles. The van der Waals surface area contributed by atoms with Crippen LogP contribution in [0.2, 0.25) is 0 Å². The number of hydrogen-bond acceptors (Lipinski definition) is 4. The maximum atomic E-state index is 11.3. The topological polar surface area (TPSA) is 37.3 Å². The van der Waals surface area contributed by atoms with E-state index in [1.165, 1.54) is 36.4 Å².